The van der Waals surface area contributed by atoms with E-state index in [1.54, 1.807) is 11.0 Å². The number of carbonyl (C=O) groups excluding carboxylic acids is 1. The number of hydrogen-bond donors (Lipinski definition) is 0. The molecule has 2 aliphatic heterocycles. The quantitative estimate of drug-likeness (QED) is 0.678. The number of hydrogen-bond acceptors (Lipinski definition) is 6. The van der Waals surface area contributed by atoms with Crippen molar-refractivity contribution in [1.29, 1.82) is 0 Å². The highest BCUT2D eigenvalue weighted by Gasteiger charge is 2.23. The number of ether oxygens (including phenoxy) is 2. The summed E-state index contributed by atoms with van der Waals surface area (Å²) in [6.07, 6.45) is 3.19. The standard InChI is InChI=1S/C21H21N5O3/c27-21(17-3-1-16(2-4-17)12-26-14-22-13-23-26)25-9-7-24(8-10-25)18-5-6-19-20(11-18)29-15-28-19/h1-6,11,13-14H,7-10,12,15H2. The average Bonchev–Trinajstić information content (AvgIpc) is 3.45. The van der Waals surface area contributed by atoms with Crippen molar-refractivity contribution >= 4 is 11.6 Å². The Morgan fingerprint density at radius 3 is 2.52 bits per heavy atom. The topological polar surface area (TPSA) is 72.7 Å². The van der Waals surface area contributed by atoms with E-state index in [1.165, 1.54) is 6.33 Å². The fraction of sp³-hybridized carbons (Fsp3) is 0.286. The molecule has 3 heterocycles. The van der Waals surface area contributed by atoms with E-state index in [0.717, 1.165) is 35.8 Å². The van der Waals surface area contributed by atoms with Crippen LogP contribution >= 0.6 is 0 Å². The number of benzene rings is 2. The Balaban J connectivity index is 1.20. The molecule has 0 bridgehead atoms. The molecular weight excluding hydrogens is 370 g/mol. The van der Waals surface area contributed by atoms with Crippen LogP contribution in [0.4, 0.5) is 5.69 Å². The maximum Gasteiger partial charge on any atom is 0.253 e. The molecule has 8 heteroatoms. The average molecular weight is 391 g/mol. The number of nitrogens with zero attached hydrogens (tertiary/aromatic N) is 5. The van der Waals surface area contributed by atoms with E-state index in [2.05, 4.69) is 15.0 Å². The summed E-state index contributed by atoms with van der Waals surface area (Å²) in [7, 11) is 0. The minimum Gasteiger partial charge on any atom is -0.454 e. The van der Waals surface area contributed by atoms with Crippen LogP contribution < -0.4 is 14.4 Å². The van der Waals surface area contributed by atoms with Crippen molar-refractivity contribution in [1.82, 2.24) is 19.7 Å². The molecule has 0 spiro atoms. The maximum absolute atomic E-state index is 12.9. The first kappa shape index (κ1) is 17.5. The summed E-state index contributed by atoms with van der Waals surface area (Å²) >= 11 is 0. The minimum absolute atomic E-state index is 0.0719. The van der Waals surface area contributed by atoms with Gasteiger partial charge in [-0.25, -0.2) is 9.67 Å². The van der Waals surface area contributed by atoms with E-state index in [9.17, 15) is 4.79 Å². The smallest absolute Gasteiger partial charge is 0.253 e. The van der Waals surface area contributed by atoms with Gasteiger partial charge in [0.05, 0.1) is 6.54 Å². The van der Waals surface area contributed by atoms with Gasteiger partial charge in [0, 0.05) is 43.5 Å². The molecule has 0 N–H and O–H groups in total. The molecule has 0 saturated carbocycles. The fourth-order valence-corrected chi connectivity index (χ4v) is 3.69. The van der Waals surface area contributed by atoms with Gasteiger partial charge >= 0.3 is 0 Å². The first-order chi connectivity index (χ1) is 14.3. The summed E-state index contributed by atoms with van der Waals surface area (Å²) in [5.74, 6) is 1.64. The Hall–Kier alpha value is -3.55. The second-order valence-corrected chi connectivity index (χ2v) is 7.11. The molecule has 0 unspecified atom stereocenters. The molecule has 0 atom stereocenters. The van der Waals surface area contributed by atoms with Crippen LogP contribution in [-0.4, -0.2) is 58.5 Å². The fourth-order valence-electron chi connectivity index (χ4n) is 3.69. The number of carbonyl (C=O) groups is 1. The summed E-state index contributed by atoms with van der Waals surface area (Å²) in [5, 5.41) is 4.10. The van der Waals surface area contributed by atoms with E-state index < -0.39 is 0 Å². The first-order valence-corrected chi connectivity index (χ1v) is 9.61. The van der Waals surface area contributed by atoms with Gasteiger partial charge in [-0.05, 0) is 29.8 Å². The molecule has 5 rings (SSSR count). The monoisotopic (exact) mass is 391 g/mol. The van der Waals surface area contributed by atoms with Crippen LogP contribution in [-0.2, 0) is 6.54 Å². The summed E-state index contributed by atoms with van der Waals surface area (Å²) in [4.78, 5) is 21.0. The van der Waals surface area contributed by atoms with Gasteiger partial charge in [-0.15, -0.1) is 0 Å². The van der Waals surface area contributed by atoms with Crippen molar-refractivity contribution in [2.75, 3.05) is 37.9 Å². The highest BCUT2D eigenvalue weighted by atomic mass is 16.7. The number of anilines is 1. The lowest BCUT2D eigenvalue weighted by Gasteiger charge is -2.36. The lowest BCUT2D eigenvalue weighted by molar-refractivity contribution is 0.0746. The highest BCUT2D eigenvalue weighted by Crippen LogP contribution is 2.35. The van der Waals surface area contributed by atoms with Crippen LogP contribution in [0.5, 0.6) is 11.5 Å². The molecule has 3 aromatic rings. The number of amides is 1. The molecule has 1 amide bonds. The van der Waals surface area contributed by atoms with Crippen molar-refractivity contribution in [3.8, 4) is 11.5 Å². The number of piperazine rings is 1. The predicted molar refractivity (Wildman–Crippen MR) is 106 cm³/mol. The Labute approximate surface area is 168 Å². The van der Waals surface area contributed by atoms with Gasteiger partial charge in [-0.3, -0.25) is 4.79 Å². The molecule has 1 aromatic heterocycles. The van der Waals surface area contributed by atoms with Crippen LogP contribution in [0.15, 0.2) is 55.1 Å². The number of aromatic nitrogens is 3. The van der Waals surface area contributed by atoms with Crippen molar-refractivity contribution in [3.63, 3.8) is 0 Å². The van der Waals surface area contributed by atoms with E-state index in [4.69, 9.17) is 9.47 Å². The van der Waals surface area contributed by atoms with Gasteiger partial charge < -0.3 is 19.3 Å². The zero-order valence-corrected chi connectivity index (χ0v) is 15.9. The molecule has 1 saturated heterocycles. The summed E-state index contributed by atoms with van der Waals surface area (Å²) < 4.78 is 12.6. The summed E-state index contributed by atoms with van der Waals surface area (Å²) in [6.45, 7) is 3.87. The van der Waals surface area contributed by atoms with Gasteiger partial charge in [-0.1, -0.05) is 12.1 Å². The third-order valence-electron chi connectivity index (χ3n) is 5.30. The first-order valence-electron chi connectivity index (χ1n) is 9.61. The van der Waals surface area contributed by atoms with Crippen LogP contribution in [0.3, 0.4) is 0 Å². The van der Waals surface area contributed by atoms with Crippen molar-refractivity contribution in [3.05, 3.63) is 66.2 Å². The number of rotatable bonds is 4. The largest absolute Gasteiger partial charge is 0.454 e. The van der Waals surface area contributed by atoms with Crippen LogP contribution in [0.25, 0.3) is 0 Å². The Morgan fingerprint density at radius 1 is 0.966 bits per heavy atom. The van der Waals surface area contributed by atoms with E-state index >= 15 is 0 Å². The van der Waals surface area contributed by atoms with E-state index in [0.29, 0.717) is 25.2 Å². The minimum atomic E-state index is 0.0719. The Morgan fingerprint density at radius 2 is 1.76 bits per heavy atom. The van der Waals surface area contributed by atoms with Gasteiger partial charge in [0.2, 0.25) is 6.79 Å². The number of fused-ring (bicyclic) bond motifs is 1. The Bertz CT molecular complexity index is 996. The van der Waals surface area contributed by atoms with Gasteiger partial charge in [0.25, 0.3) is 5.91 Å². The summed E-state index contributed by atoms with van der Waals surface area (Å²) in [5.41, 5.74) is 2.89. The molecule has 2 aliphatic rings. The molecule has 29 heavy (non-hydrogen) atoms. The SMILES string of the molecule is O=C(c1ccc(Cn2cncn2)cc1)N1CCN(c2ccc3c(c2)OCO3)CC1. The van der Waals surface area contributed by atoms with Crippen LogP contribution in [0.1, 0.15) is 15.9 Å². The van der Waals surface area contributed by atoms with E-state index in [1.807, 2.05) is 47.4 Å². The van der Waals surface area contributed by atoms with Crippen molar-refractivity contribution in [2.45, 2.75) is 6.54 Å². The van der Waals surface area contributed by atoms with Crippen molar-refractivity contribution < 1.29 is 14.3 Å². The molecule has 2 aromatic carbocycles. The van der Waals surface area contributed by atoms with E-state index in [-0.39, 0.29) is 12.7 Å². The molecular formula is C21H21N5O3. The third-order valence-corrected chi connectivity index (χ3v) is 5.30. The van der Waals surface area contributed by atoms with Crippen LogP contribution in [0.2, 0.25) is 0 Å². The highest BCUT2D eigenvalue weighted by molar-refractivity contribution is 5.94. The molecule has 0 aliphatic carbocycles. The lowest BCUT2D eigenvalue weighted by Crippen LogP contribution is -2.48. The Kier molecular flexibility index (Phi) is 4.51. The van der Waals surface area contributed by atoms with Gasteiger partial charge in [-0.2, -0.15) is 5.10 Å². The molecule has 1 fully saturated rings. The maximum atomic E-state index is 12.9. The van der Waals surface area contributed by atoms with Crippen LogP contribution in [0, 0.1) is 0 Å². The zero-order valence-electron chi connectivity index (χ0n) is 15.9. The normalized spacial score (nSPS) is 15.6. The lowest BCUT2D eigenvalue weighted by atomic mass is 10.1. The zero-order chi connectivity index (χ0) is 19.6. The van der Waals surface area contributed by atoms with Gasteiger partial charge in [0.1, 0.15) is 12.7 Å². The van der Waals surface area contributed by atoms with Gasteiger partial charge in [0.15, 0.2) is 11.5 Å². The molecule has 0 radical (unpaired) electrons. The third kappa shape index (κ3) is 3.61. The second-order valence-electron chi connectivity index (χ2n) is 7.11. The van der Waals surface area contributed by atoms with Crippen molar-refractivity contribution in [2.24, 2.45) is 0 Å². The summed E-state index contributed by atoms with van der Waals surface area (Å²) in [6, 6.07) is 13.7. The molecule has 8 nitrogen and oxygen atoms in total. The second kappa shape index (κ2) is 7.46. The predicted octanol–water partition coefficient (Wildman–Crippen LogP) is 2.02. The molecule has 148 valence electrons.